The van der Waals surface area contributed by atoms with E-state index in [1.54, 1.807) is 24.3 Å². The summed E-state index contributed by atoms with van der Waals surface area (Å²) in [5, 5.41) is 20.3. The highest BCUT2D eigenvalue weighted by Crippen LogP contribution is 2.36. The number of thioether (sulfide) groups is 1. The van der Waals surface area contributed by atoms with Gasteiger partial charge in [-0.15, -0.1) is 0 Å². The molecule has 30 heavy (non-hydrogen) atoms. The smallest absolute Gasteiger partial charge is 0.326 e. The van der Waals surface area contributed by atoms with Gasteiger partial charge < -0.3 is 9.52 Å². The number of carbonyl (C=O) groups excluding carboxylic acids is 1. The van der Waals surface area contributed by atoms with Gasteiger partial charge in [-0.05, 0) is 36.6 Å². The number of rotatable bonds is 7. The minimum atomic E-state index is -1.10. The van der Waals surface area contributed by atoms with Crippen LogP contribution in [-0.2, 0) is 9.59 Å². The Morgan fingerprint density at radius 3 is 2.53 bits per heavy atom. The van der Waals surface area contributed by atoms with Gasteiger partial charge in [-0.25, -0.2) is 4.79 Å². The van der Waals surface area contributed by atoms with E-state index in [4.69, 9.17) is 16.6 Å². The zero-order chi connectivity index (χ0) is 22.0. The van der Waals surface area contributed by atoms with Crippen molar-refractivity contribution < 1.29 is 24.0 Å². The minimum absolute atomic E-state index is 0.0245. The van der Waals surface area contributed by atoms with Crippen LogP contribution in [0.5, 0.6) is 0 Å². The van der Waals surface area contributed by atoms with E-state index in [2.05, 4.69) is 0 Å². The number of nitro groups is 1. The largest absolute Gasteiger partial charge is 0.480 e. The first-order chi connectivity index (χ1) is 14.2. The van der Waals surface area contributed by atoms with Crippen molar-refractivity contribution in [2.24, 2.45) is 5.92 Å². The van der Waals surface area contributed by atoms with Gasteiger partial charge in [-0.2, -0.15) is 0 Å². The molecule has 1 aliphatic heterocycles. The SMILES string of the molecule is CC(C)C[C@@H](C(=O)O)N1C(=O)/C(=C\c2ccc(-c3ccc([N+](=O)[O-])cc3)o2)SC1=S. The van der Waals surface area contributed by atoms with Crippen LogP contribution in [0.25, 0.3) is 17.4 Å². The second kappa shape index (κ2) is 8.80. The van der Waals surface area contributed by atoms with Gasteiger partial charge in [0.15, 0.2) is 0 Å². The van der Waals surface area contributed by atoms with E-state index in [-0.39, 0.29) is 20.8 Å². The lowest BCUT2D eigenvalue weighted by Crippen LogP contribution is -2.44. The molecule has 1 aromatic carbocycles. The molecule has 0 saturated carbocycles. The number of amides is 1. The summed E-state index contributed by atoms with van der Waals surface area (Å²) in [5.74, 6) is -0.616. The summed E-state index contributed by atoms with van der Waals surface area (Å²) in [6.45, 7) is 3.76. The molecule has 1 aliphatic rings. The maximum Gasteiger partial charge on any atom is 0.326 e. The van der Waals surface area contributed by atoms with Crippen molar-refractivity contribution in [3.8, 4) is 11.3 Å². The number of non-ortho nitro benzene ring substituents is 1. The number of benzene rings is 1. The standard InChI is InChI=1S/C20H18N2O6S2/c1-11(2)9-15(19(24)25)21-18(23)17(30-20(21)29)10-14-7-8-16(28-14)12-3-5-13(6-4-12)22(26)27/h3-8,10-11,15H,9H2,1-2H3,(H,24,25)/b17-10+/t15-/m0/s1. The van der Waals surface area contributed by atoms with Crippen LogP contribution in [0.4, 0.5) is 5.69 Å². The fourth-order valence-electron chi connectivity index (χ4n) is 2.97. The van der Waals surface area contributed by atoms with E-state index < -0.39 is 22.8 Å². The molecule has 0 unspecified atom stereocenters. The van der Waals surface area contributed by atoms with Crippen LogP contribution in [0.1, 0.15) is 26.0 Å². The van der Waals surface area contributed by atoms with Gasteiger partial charge >= 0.3 is 5.97 Å². The Morgan fingerprint density at radius 1 is 1.30 bits per heavy atom. The second-order valence-corrected chi connectivity index (χ2v) is 8.72. The minimum Gasteiger partial charge on any atom is -0.480 e. The Hall–Kier alpha value is -2.98. The summed E-state index contributed by atoms with van der Waals surface area (Å²) in [7, 11) is 0. The molecule has 2 aromatic rings. The molecule has 2 heterocycles. The Morgan fingerprint density at radius 2 is 1.97 bits per heavy atom. The molecule has 1 amide bonds. The first-order valence-electron chi connectivity index (χ1n) is 9.02. The van der Waals surface area contributed by atoms with Crippen LogP contribution < -0.4 is 0 Å². The molecule has 1 N–H and O–H groups in total. The van der Waals surface area contributed by atoms with Gasteiger partial charge in [0.05, 0.1) is 9.83 Å². The van der Waals surface area contributed by atoms with E-state index in [0.717, 1.165) is 16.7 Å². The molecule has 1 saturated heterocycles. The average Bonchev–Trinajstić information content (AvgIpc) is 3.25. The predicted octanol–water partition coefficient (Wildman–Crippen LogP) is 4.56. The number of nitrogens with zero attached hydrogens (tertiary/aromatic N) is 2. The molecule has 1 aromatic heterocycles. The lowest BCUT2D eigenvalue weighted by Gasteiger charge is -2.24. The topological polar surface area (TPSA) is 114 Å². The normalized spacial score (nSPS) is 16.5. The van der Waals surface area contributed by atoms with Crippen molar-refractivity contribution >= 4 is 51.9 Å². The molecule has 1 fully saturated rings. The maximum absolute atomic E-state index is 12.8. The molecule has 1 atom stereocenters. The van der Waals surface area contributed by atoms with Gasteiger partial charge in [-0.1, -0.05) is 37.8 Å². The summed E-state index contributed by atoms with van der Waals surface area (Å²) < 4.78 is 5.93. The van der Waals surface area contributed by atoms with Crippen molar-refractivity contribution in [1.29, 1.82) is 0 Å². The predicted molar refractivity (Wildman–Crippen MR) is 117 cm³/mol. The first kappa shape index (κ1) is 21.7. The number of hydrogen-bond acceptors (Lipinski definition) is 7. The Balaban J connectivity index is 1.82. The van der Waals surface area contributed by atoms with Crippen molar-refractivity contribution in [2.45, 2.75) is 26.3 Å². The summed E-state index contributed by atoms with van der Waals surface area (Å²) >= 11 is 6.28. The van der Waals surface area contributed by atoms with Crippen LogP contribution in [0.2, 0.25) is 0 Å². The fraction of sp³-hybridized carbons (Fsp3) is 0.250. The number of furan rings is 1. The molecule has 3 rings (SSSR count). The third-order valence-corrected chi connectivity index (χ3v) is 5.71. The van der Waals surface area contributed by atoms with Crippen LogP contribution in [0.15, 0.2) is 45.7 Å². The van der Waals surface area contributed by atoms with Gasteiger partial charge in [0.2, 0.25) is 0 Å². The van der Waals surface area contributed by atoms with Gasteiger partial charge in [-0.3, -0.25) is 19.8 Å². The number of carboxylic acids is 1. The number of nitro benzene ring substituents is 1. The monoisotopic (exact) mass is 446 g/mol. The fourth-order valence-corrected chi connectivity index (χ4v) is 4.31. The first-order valence-corrected chi connectivity index (χ1v) is 10.2. The molecule has 0 radical (unpaired) electrons. The quantitative estimate of drug-likeness (QED) is 0.285. The average molecular weight is 447 g/mol. The molecule has 10 heteroatoms. The van der Waals surface area contributed by atoms with Crippen molar-refractivity contribution in [2.75, 3.05) is 0 Å². The van der Waals surface area contributed by atoms with Gasteiger partial charge in [0.1, 0.15) is 21.9 Å². The molecule has 0 bridgehead atoms. The highest BCUT2D eigenvalue weighted by atomic mass is 32.2. The van der Waals surface area contributed by atoms with E-state index in [1.165, 1.54) is 18.2 Å². The van der Waals surface area contributed by atoms with Crippen LogP contribution in [0, 0.1) is 16.0 Å². The number of hydrogen-bond donors (Lipinski definition) is 1. The summed E-state index contributed by atoms with van der Waals surface area (Å²) in [5.41, 5.74) is 0.624. The van der Waals surface area contributed by atoms with Crippen molar-refractivity contribution in [3.05, 3.63) is 57.2 Å². The third kappa shape index (κ3) is 4.60. The van der Waals surface area contributed by atoms with E-state index in [1.807, 2.05) is 13.8 Å². The molecule has 156 valence electrons. The van der Waals surface area contributed by atoms with Gasteiger partial charge in [0.25, 0.3) is 11.6 Å². The maximum atomic E-state index is 12.8. The van der Waals surface area contributed by atoms with E-state index in [0.29, 0.717) is 23.5 Å². The Kier molecular flexibility index (Phi) is 6.37. The summed E-state index contributed by atoms with van der Waals surface area (Å²) in [6, 6.07) is 8.23. The lowest BCUT2D eigenvalue weighted by atomic mass is 10.0. The number of thiocarbonyl (C=S) groups is 1. The van der Waals surface area contributed by atoms with E-state index in [9.17, 15) is 24.8 Å². The van der Waals surface area contributed by atoms with Crippen LogP contribution in [-0.4, -0.2) is 37.2 Å². The molecular weight excluding hydrogens is 428 g/mol. The lowest BCUT2D eigenvalue weighted by molar-refractivity contribution is -0.384. The second-order valence-electron chi connectivity index (χ2n) is 7.04. The zero-order valence-corrected chi connectivity index (χ0v) is 17.7. The van der Waals surface area contributed by atoms with Gasteiger partial charge in [0, 0.05) is 23.8 Å². The molecule has 0 aliphatic carbocycles. The Labute approximate surface area is 181 Å². The van der Waals surface area contributed by atoms with Crippen molar-refractivity contribution in [1.82, 2.24) is 4.90 Å². The number of carboxylic acid groups (broad SMARTS) is 1. The van der Waals surface area contributed by atoms with E-state index >= 15 is 0 Å². The zero-order valence-electron chi connectivity index (χ0n) is 16.1. The highest BCUT2D eigenvalue weighted by Gasteiger charge is 2.40. The van der Waals surface area contributed by atoms with Crippen LogP contribution >= 0.6 is 24.0 Å². The van der Waals surface area contributed by atoms with Crippen LogP contribution in [0.3, 0.4) is 0 Å². The molecule has 0 spiro atoms. The Bertz CT molecular complexity index is 1040. The highest BCUT2D eigenvalue weighted by molar-refractivity contribution is 8.26. The summed E-state index contributed by atoms with van der Waals surface area (Å²) in [6.07, 6.45) is 1.81. The third-order valence-electron chi connectivity index (χ3n) is 4.38. The molecule has 8 nitrogen and oxygen atoms in total. The molecular formula is C20H18N2O6S2. The number of aliphatic carboxylic acids is 1. The summed E-state index contributed by atoms with van der Waals surface area (Å²) in [4.78, 5) is 36.2. The number of carbonyl (C=O) groups is 2. The van der Waals surface area contributed by atoms with Crippen molar-refractivity contribution in [3.63, 3.8) is 0 Å².